The van der Waals surface area contributed by atoms with E-state index in [1.165, 1.54) is 12.8 Å². The molecule has 1 saturated carbocycles. The summed E-state index contributed by atoms with van der Waals surface area (Å²) in [7, 11) is 0. The molecule has 2 N–H and O–H groups in total. The molecule has 1 aromatic heterocycles. The fourth-order valence-electron chi connectivity index (χ4n) is 2.06. The highest BCUT2D eigenvalue weighted by Crippen LogP contribution is 2.42. The first-order chi connectivity index (χ1) is 8.24. The first-order valence-corrected chi connectivity index (χ1v) is 6.40. The van der Waals surface area contributed by atoms with Gasteiger partial charge in [-0.05, 0) is 45.2 Å². The highest BCUT2D eigenvalue weighted by atomic mass is 16.5. The lowest BCUT2D eigenvalue weighted by molar-refractivity contribution is 0.0397. The largest absolute Gasteiger partial charge is 0.370 e. The Morgan fingerprint density at radius 3 is 2.82 bits per heavy atom. The van der Waals surface area contributed by atoms with Crippen LogP contribution in [0.4, 0.5) is 0 Å². The van der Waals surface area contributed by atoms with Crippen LogP contribution in [0.1, 0.15) is 43.1 Å². The summed E-state index contributed by atoms with van der Waals surface area (Å²) < 4.78 is 5.78. The Balaban J connectivity index is 2.22. The van der Waals surface area contributed by atoms with Crippen molar-refractivity contribution in [3.05, 3.63) is 23.3 Å². The second-order valence-corrected chi connectivity index (χ2v) is 4.61. The zero-order chi connectivity index (χ0) is 12.3. The molecule has 4 heteroatoms. The molecule has 0 saturated heterocycles. The number of aromatic nitrogens is 2. The molecule has 1 atom stereocenters. The van der Waals surface area contributed by atoms with Crippen LogP contribution in [-0.2, 0) is 11.2 Å². The van der Waals surface area contributed by atoms with Gasteiger partial charge in [0.15, 0.2) is 5.82 Å². The third-order valence-electron chi connectivity index (χ3n) is 2.98. The molecule has 1 aromatic rings. The Morgan fingerprint density at radius 2 is 2.24 bits per heavy atom. The van der Waals surface area contributed by atoms with Gasteiger partial charge in [-0.25, -0.2) is 9.97 Å². The van der Waals surface area contributed by atoms with Crippen LogP contribution in [0.5, 0.6) is 0 Å². The monoisotopic (exact) mass is 235 g/mol. The van der Waals surface area contributed by atoms with Gasteiger partial charge in [0.1, 0.15) is 6.10 Å². The van der Waals surface area contributed by atoms with Crippen molar-refractivity contribution < 1.29 is 4.74 Å². The fraction of sp³-hybridized carbons (Fsp3) is 0.692. The smallest absolute Gasteiger partial charge is 0.157 e. The average molecular weight is 235 g/mol. The number of nitrogens with zero attached hydrogens (tertiary/aromatic N) is 2. The summed E-state index contributed by atoms with van der Waals surface area (Å²) in [6.45, 7) is 5.36. The third kappa shape index (κ3) is 3.23. The van der Waals surface area contributed by atoms with Crippen molar-refractivity contribution in [2.75, 3.05) is 13.2 Å². The Labute approximate surface area is 103 Å². The van der Waals surface area contributed by atoms with Crippen molar-refractivity contribution in [3.8, 4) is 0 Å². The lowest BCUT2D eigenvalue weighted by atomic mass is 10.2. The molecule has 0 bridgehead atoms. The van der Waals surface area contributed by atoms with Gasteiger partial charge in [-0.3, -0.25) is 0 Å². The molecule has 17 heavy (non-hydrogen) atoms. The molecule has 94 valence electrons. The topological polar surface area (TPSA) is 61.0 Å². The molecular weight excluding hydrogens is 214 g/mol. The first kappa shape index (κ1) is 12.5. The maximum atomic E-state index is 5.78. The molecule has 0 aliphatic heterocycles. The SMILES string of the molecule is CCOC(c1nc(C)cc(CCN)n1)C1CC1. The molecule has 4 nitrogen and oxygen atoms in total. The van der Waals surface area contributed by atoms with E-state index in [1.54, 1.807) is 0 Å². The van der Waals surface area contributed by atoms with E-state index in [0.717, 1.165) is 23.6 Å². The standard InChI is InChI=1S/C13H21N3O/c1-3-17-12(10-4-5-10)13-15-9(2)8-11(16-13)6-7-14/h8,10,12H,3-7,14H2,1-2H3. The minimum absolute atomic E-state index is 0.0800. The average Bonchev–Trinajstić information content (AvgIpc) is 3.09. The molecule has 1 fully saturated rings. The third-order valence-corrected chi connectivity index (χ3v) is 2.98. The molecule has 1 aliphatic rings. The molecular formula is C13H21N3O. The van der Waals surface area contributed by atoms with E-state index in [4.69, 9.17) is 10.5 Å². The summed E-state index contributed by atoms with van der Waals surface area (Å²) in [5, 5.41) is 0. The van der Waals surface area contributed by atoms with Crippen LogP contribution in [0, 0.1) is 12.8 Å². The molecule has 0 aromatic carbocycles. The van der Waals surface area contributed by atoms with Gasteiger partial charge in [0.05, 0.1) is 0 Å². The van der Waals surface area contributed by atoms with Crippen LogP contribution in [0.15, 0.2) is 6.07 Å². The first-order valence-electron chi connectivity index (χ1n) is 6.40. The summed E-state index contributed by atoms with van der Waals surface area (Å²) in [6, 6.07) is 2.01. The number of hydrogen-bond acceptors (Lipinski definition) is 4. The summed E-state index contributed by atoms with van der Waals surface area (Å²) >= 11 is 0. The number of hydrogen-bond donors (Lipinski definition) is 1. The van der Waals surface area contributed by atoms with E-state index < -0.39 is 0 Å². The van der Waals surface area contributed by atoms with E-state index >= 15 is 0 Å². The lowest BCUT2D eigenvalue weighted by Crippen LogP contribution is -2.14. The van der Waals surface area contributed by atoms with Gasteiger partial charge < -0.3 is 10.5 Å². The summed E-state index contributed by atoms with van der Waals surface area (Å²) in [5.41, 5.74) is 7.61. The second-order valence-electron chi connectivity index (χ2n) is 4.61. The minimum Gasteiger partial charge on any atom is -0.370 e. The van der Waals surface area contributed by atoms with Crippen LogP contribution < -0.4 is 5.73 Å². The van der Waals surface area contributed by atoms with Gasteiger partial charge in [-0.2, -0.15) is 0 Å². The van der Waals surface area contributed by atoms with Gasteiger partial charge in [0.2, 0.25) is 0 Å². The summed E-state index contributed by atoms with van der Waals surface area (Å²) in [5.74, 6) is 1.46. The normalized spacial score (nSPS) is 17.1. The zero-order valence-electron chi connectivity index (χ0n) is 10.6. The zero-order valence-corrected chi connectivity index (χ0v) is 10.6. The predicted molar refractivity (Wildman–Crippen MR) is 66.6 cm³/mol. The molecule has 1 heterocycles. The number of rotatable bonds is 6. The maximum absolute atomic E-state index is 5.78. The summed E-state index contributed by atoms with van der Waals surface area (Å²) in [4.78, 5) is 9.11. The highest BCUT2D eigenvalue weighted by molar-refractivity contribution is 5.13. The molecule has 0 spiro atoms. The fourth-order valence-corrected chi connectivity index (χ4v) is 2.06. The highest BCUT2D eigenvalue weighted by Gasteiger charge is 2.35. The van der Waals surface area contributed by atoms with Crippen LogP contribution >= 0.6 is 0 Å². The van der Waals surface area contributed by atoms with E-state index in [9.17, 15) is 0 Å². The van der Waals surface area contributed by atoms with Gasteiger partial charge in [0, 0.05) is 24.4 Å². The minimum atomic E-state index is 0.0800. The Morgan fingerprint density at radius 1 is 1.47 bits per heavy atom. The second kappa shape index (κ2) is 5.56. The van der Waals surface area contributed by atoms with Gasteiger partial charge in [-0.1, -0.05) is 0 Å². The number of ether oxygens (including phenoxy) is 1. The van der Waals surface area contributed by atoms with Crippen molar-refractivity contribution in [1.82, 2.24) is 9.97 Å². The lowest BCUT2D eigenvalue weighted by Gasteiger charge is -2.16. The summed E-state index contributed by atoms with van der Waals surface area (Å²) in [6.07, 6.45) is 3.35. The maximum Gasteiger partial charge on any atom is 0.157 e. The quantitative estimate of drug-likeness (QED) is 0.816. The van der Waals surface area contributed by atoms with Crippen molar-refractivity contribution in [2.24, 2.45) is 11.7 Å². The molecule has 0 amide bonds. The van der Waals surface area contributed by atoms with Crippen LogP contribution in [-0.4, -0.2) is 23.1 Å². The van der Waals surface area contributed by atoms with Crippen molar-refractivity contribution in [2.45, 2.75) is 39.2 Å². The Hall–Kier alpha value is -1.00. The van der Waals surface area contributed by atoms with Crippen LogP contribution in [0.3, 0.4) is 0 Å². The van der Waals surface area contributed by atoms with Crippen LogP contribution in [0.25, 0.3) is 0 Å². The molecule has 1 aliphatic carbocycles. The van der Waals surface area contributed by atoms with E-state index in [-0.39, 0.29) is 6.10 Å². The van der Waals surface area contributed by atoms with Gasteiger partial charge >= 0.3 is 0 Å². The molecule has 0 radical (unpaired) electrons. The number of aryl methyl sites for hydroxylation is 1. The van der Waals surface area contributed by atoms with Gasteiger partial charge in [-0.15, -0.1) is 0 Å². The number of nitrogens with two attached hydrogens (primary N) is 1. The molecule has 1 unspecified atom stereocenters. The Kier molecular flexibility index (Phi) is 4.07. The Bertz CT molecular complexity index is 377. The van der Waals surface area contributed by atoms with Crippen molar-refractivity contribution in [1.29, 1.82) is 0 Å². The van der Waals surface area contributed by atoms with Crippen molar-refractivity contribution in [3.63, 3.8) is 0 Å². The predicted octanol–water partition coefficient (Wildman–Crippen LogP) is 1.77. The van der Waals surface area contributed by atoms with E-state index in [2.05, 4.69) is 9.97 Å². The van der Waals surface area contributed by atoms with Gasteiger partial charge in [0.25, 0.3) is 0 Å². The van der Waals surface area contributed by atoms with Crippen molar-refractivity contribution >= 4 is 0 Å². The van der Waals surface area contributed by atoms with E-state index in [1.807, 2.05) is 19.9 Å². The molecule has 2 rings (SSSR count). The van der Waals surface area contributed by atoms with Crippen LogP contribution in [0.2, 0.25) is 0 Å². The van der Waals surface area contributed by atoms with E-state index in [0.29, 0.717) is 19.1 Å².